The average molecular weight is 230 g/mol. The van der Waals surface area contributed by atoms with Gasteiger partial charge in [-0.3, -0.25) is 0 Å². The molecular formula is C11H12F2O3. The van der Waals surface area contributed by atoms with Gasteiger partial charge in [-0.25, -0.2) is 13.6 Å². The number of hydrogen-bond acceptors (Lipinski definition) is 2. The Hall–Kier alpha value is -1.65. The van der Waals surface area contributed by atoms with Crippen LogP contribution in [-0.2, 0) is 0 Å². The third kappa shape index (κ3) is 2.68. The van der Waals surface area contributed by atoms with Crippen LogP contribution in [0, 0.1) is 11.6 Å². The maximum atomic E-state index is 13.3. The Morgan fingerprint density at radius 1 is 1.44 bits per heavy atom. The van der Waals surface area contributed by atoms with Crippen molar-refractivity contribution >= 4 is 5.97 Å². The summed E-state index contributed by atoms with van der Waals surface area (Å²) >= 11 is 0. The molecule has 0 fully saturated rings. The highest BCUT2D eigenvalue weighted by Crippen LogP contribution is 2.24. The lowest BCUT2D eigenvalue weighted by Gasteiger charge is -2.14. The molecule has 1 atom stereocenters. The molecule has 0 aliphatic heterocycles. The second-order valence-corrected chi connectivity index (χ2v) is 3.41. The summed E-state index contributed by atoms with van der Waals surface area (Å²) in [6, 6.07) is 1.48. The molecule has 0 aromatic heterocycles. The van der Waals surface area contributed by atoms with Crippen LogP contribution in [-0.4, -0.2) is 17.2 Å². The minimum absolute atomic E-state index is 0.334. The largest absolute Gasteiger partial charge is 0.485 e. The highest BCUT2D eigenvalue weighted by atomic mass is 19.1. The van der Waals surface area contributed by atoms with Gasteiger partial charge in [-0.1, -0.05) is 6.92 Å². The van der Waals surface area contributed by atoms with E-state index < -0.39 is 28.9 Å². The Balaban J connectivity index is 3.07. The average Bonchev–Trinajstić information content (AvgIpc) is 2.22. The molecule has 0 amide bonds. The number of benzene rings is 1. The first-order valence-corrected chi connectivity index (χ1v) is 4.84. The van der Waals surface area contributed by atoms with Crippen molar-refractivity contribution in [3.05, 3.63) is 29.3 Å². The lowest BCUT2D eigenvalue weighted by molar-refractivity contribution is 0.0695. The van der Waals surface area contributed by atoms with E-state index in [2.05, 4.69) is 0 Å². The van der Waals surface area contributed by atoms with Gasteiger partial charge in [0.2, 0.25) is 0 Å². The molecule has 0 saturated carbocycles. The highest BCUT2D eigenvalue weighted by Gasteiger charge is 2.17. The van der Waals surface area contributed by atoms with Crippen molar-refractivity contribution in [1.29, 1.82) is 0 Å². The summed E-state index contributed by atoms with van der Waals surface area (Å²) in [6.07, 6.45) is 0.263. The van der Waals surface area contributed by atoms with Crippen LogP contribution in [0.2, 0.25) is 0 Å². The molecule has 0 saturated heterocycles. The normalized spacial score (nSPS) is 12.2. The van der Waals surface area contributed by atoms with E-state index in [1.165, 1.54) is 0 Å². The summed E-state index contributed by atoms with van der Waals surface area (Å²) in [5.74, 6) is -3.91. The fourth-order valence-corrected chi connectivity index (χ4v) is 1.08. The molecule has 0 spiro atoms. The van der Waals surface area contributed by atoms with Crippen molar-refractivity contribution in [2.75, 3.05) is 0 Å². The van der Waals surface area contributed by atoms with Gasteiger partial charge in [-0.2, -0.15) is 0 Å². The zero-order chi connectivity index (χ0) is 12.3. The molecule has 0 aliphatic rings. The molecule has 0 heterocycles. The fourth-order valence-electron chi connectivity index (χ4n) is 1.08. The summed E-state index contributed by atoms with van der Waals surface area (Å²) in [7, 11) is 0. The minimum atomic E-state index is -1.38. The Bertz CT molecular complexity index is 381. The highest BCUT2D eigenvalue weighted by molar-refractivity contribution is 5.87. The number of halogens is 2. The van der Waals surface area contributed by atoms with E-state index in [9.17, 15) is 13.6 Å². The first kappa shape index (κ1) is 12.4. The van der Waals surface area contributed by atoms with E-state index in [1.807, 2.05) is 6.92 Å². The molecule has 0 aliphatic carbocycles. The topological polar surface area (TPSA) is 46.5 Å². The van der Waals surface area contributed by atoms with Gasteiger partial charge in [0.1, 0.15) is 0 Å². The van der Waals surface area contributed by atoms with Crippen molar-refractivity contribution in [3.8, 4) is 5.75 Å². The number of hydrogen-bond donors (Lipinski definition) is 1. The summed E-state index contributed by atoms with van der Waals surface area (Å²) < 4.78 is 31.7. The summed E-state index contributed by atoms with van der Waals surface area (Å²) in [5, 5.41) is 8.58. The van der Waals surface area contributed by atoms with Crippen LogP contribution in [0.15, 0.2) is 12.1 Å². The van der Waals surface area contributed by atoms with Crippen LogP contribution in [0.1, 0.15) is 30.6 Å². The van der Waals surface area contributed by atoms with E-state index in [0.717, 1.165) is 12.1 Å². The van der Waals surface area contributed by atoms with E-state index in [-0.39, 0.29) is 6.10 Å². The number of rotatable bonds is 4. The molecule has 0 bridgehead atoms. The second-order valence-electron chi connectivity index (χ2n) is 3.41. The van der Waals surface area contributed by atoms with Gasteiger partial charge >= 0.3 is 5.97 Å². The van der Waals surface area contributed by atoms with E-state index in [4.69, 9.17) is 9.84 Å². The summed E-state index contributed by atoms with van der Waals surface area (Å²) in [6.45, 7) is 3.48. The standard InChI is InChI=1S/C11H12F2O3/c1-3-6(2)16-10-8(12)4-7(11(14)15)5-9(10)13/h4-6H,3H2,1-2H3,(H,14,15). The van der Waals surface area contributed by atoms with Crippen molar-refractivity contribution in [3.63, 3.8) is 0 Å². The molecule has 1 unspecified atom stereocenters. The van der Waals surface area contributed by atoms with Crippen molar-refractivity contribution in [1.82, 2.24) is 0 Å². The molecule has 1 rings (SSSR count). The lowest BCUT2D eigenvalue weighted by Crippen LogP contribution is -2.12. The van der Waals surface area contributed by atoms with Crippen LogP contribution in [0.4, 0.5) is 8.78 Å². The minimum Gasteiger partial charge on any atom is -0.485 e. The molecule has 1 N–H and O–H groups in total. The molecule has 88 valence electrons. The van der Waals surface area contributed by atoms with Gasteiger partial charge in [-0.15, -0.1) is 0 Å². The second kappa shape index (κ2) is 4.92. The van der Waals surface area contributed by atoms with Crippen LogP contribution in [0.25, 0.3) is 0 Å². The van der Waals surface area contributed by atoms with Crippen LogP contribution in [0.5, 0.6) is 5.75 Å². The monoisotopic (exact) mass is 230 g/mol. The van der Waals surface area contributed by atoms with Gasteiger partial charge in [0.05, 0.1) is 11.7 Å². The van der Waals surface area contributed by atoms with Crippen LogP contribution in [0.3, 0.4) is 0 Å². The molecule has 5 heteroatoms. The van der Waals surface area contributed by atoms with Gasteiger partial charge in [-0.05, 0) is 25.5 Å². The Morgan fingerprint density at radius 2 is 1.94 bits per heavy atom. The maximum Gasteiger partial charge on any atom is 0.335 e. The zero-order valence-electron chi connectivity index (χ0n) is 8.96. The van der Waals surface area contributed by atoms with Gasteiger partial charge < -0.3 is 9.84 Å². The van der Waals surface area contributed by atoms with Crippen molar-refractivity contribution < 1.29 is 23.4 Å². The Morgan fingerprint density at radius 3 is 2.31 bits per heavy atom. The van der Waals surface area contributed by atoms with Crippen molar-refractivity contribution in [2.24, 2.45) is 0 Å². The maximum absolute atomic E-state index is 13.3. The molecule has 1 aromatic carbocycles. The predicted octanol–water partition coefficient (Wildman–Crippen LogP) is 2.84. The van der Waals surface area contributed by atoms with Gasteiger partial charge in [0, 0.05) is 0 Å². The van der Waals surface area contributed by atoms with Crippen LogP contribution >= 0.6 is 0 Å². The van der Waals surface area contributed by atoms with Gasteiger partial charge in [0.15, 0.2) is 17.4 Å². The van der Waals surface area contributed by atoms with Crippen molar-refractivity contribution in [2.45, 2.75) is 26.4 Å². The quantitative estimate of drug-likeness (QED) is 0.865. The third-order valence-electron chi connectivity index (χ3n) is 2.14. The van der Waals surface area contributed by atoms with E-state index in [1.54, 1.807) is 6.92 Å². The first-order valence-electron chi connectivity index (χ1n) is 4.84. The predicted molar refractivity (Wildman–Crippen MR) is 53.7 cm³/mol. The van der Waals surface area contributed by atoms with Crippen LogP contribution < -0.4 is 4.74 Å². The van der Waals surface area contributed by atoms with E-state index >= 15 is 0 Å². The smallest absolute Gasteiger partial charge is 0.335 e. The molecule has 16 heavy (non-hydrogen) atoms. The number of aromatic carboxylic acids is 1. The summed E-state index contributed by atoms with van der Waals surface area (Å²) in [5.41, 5.74) is -0.438. The number of carboxylic acids is 1. The Kier molecular flexibility index (Phi) is 3.82. The zero-order valence-corrected chi connectivity index (χ0v) is 8.96. The number of ether oxygens (including phenoxy) is 1. The molecule has 1 aromatic rings. The lowest BCUT2D eigenvalue weighted by atomic mass is 10.2. The molecular weight excluding hydrogens is 218 g/mol. The first-order chi connectivity index (χ1) is 7.45. The number of carboxylic acid groups (broad SMARTS) is 1. The summed E-state index contributed by atoms with van der Waals surface area (Å²) in [4.78, 5) is 10.5. The fraction of sp³-hybridized carbons (Fsp3) is 0.364. The van der Waals surface area contributed by atoms with Gasteiger partial charge in [0.25, 0.3) is 0 Å². The molecule has 3 nitrogen and oxygen atoms in total. The third-order valence-corrected chi connectivity index (χ3v) is 2.14. The Labute approximate surface area is 91.7 Å². The van der Waals surface area contributed by atoms with E-state index in [0.29, 0.717) is 6.42 Å². The SMILES string of the molecule is CCC(C)Oc1c(F)cc(C(=O)O)cc1F. The number of carbonyl (C=O) groups is 1. The molecule has 0 radical (unpaired) electrons.